The molecule has 3 N–H and O–H groups in total. The molecular formula is C10H13ClN4O2. The number of hydrogen-bond acceptors (Lipinski definition) is 5. The van der Waals surface area contributed by atoms with E-state index >= 15 is 0 Å². The predicted molar refractivity (Wildman–Crippen MR) is 67.2 cm³/mol. The Hall–Kier alpha value is -1.84. The number of rotatable bonds is 5. The van der Waals surface area contributed by atoms with Crippen LogP contribution in [-0.2, 0) is 0 Å². The molecule has 0 spiro atoms. The van der Waals surface area contributed by atoms with Crippen LogP contribution < -0.4 is 11.1 Å². The molecule has 1 aromatic carbocycles. The Morgan fingerprint density at radius 2 is 2.24 bits per heavy atom. The lowest BCUT2D eigenvalue weighted by molar-refractivity contribution is -0.384. The minimum Gasteiger partial charge on any atom is -0.379 e. The molecule has 0 aliphatic carbocycles. The van der Waals surface area contributed by atoms with Gasteiger partial charge in [0.1, 0.15) is 5.69 Å². The smallest absolute Gasteiger partial charge is 0.292 e. The summed E-state index contributed by atoms with van der Waals surface area (Å²) in [5.41, 5.74) is 6.04. The molecule has 0 bridgehead atoms. The van der Waals surface area contributed by atoms with Crippen molar-refractivity contribution < 1.29 is 4.92 Å². The number of nitrogens with one attached hydrogen (secondary N) is 1. The Morgan fingerprint density at radius 3 is 2.76 bits per heavy atom. The SMILES string of the molecule is Cl.N#Cc1ccc([N+](=O)[O-])c(NCCCN)c1. The van der Waals surface area contributed by atoms with Crippen LogP contribution in [0.5, 0.6) is 0 Å². The monoisotopic (exact) mass is 256 g/mol. The van der Waals surface area contributed by atoms with Gasteiger partial charge >= 0.3 is 0 Å². The summed E-state index contributed by atoms with van der Waals surface area (Å²) in [7, 11) is 0. The van der Waals surface area contributed by atoms with Crippen molar-refractivity contribution in [1.82, 2.24) is 0 Å². The molecule has 1 aromatic rings. The summed E-state index contributed by atoms with van der Waals surface area (Å²) in [4.78, 5) is 10.2. The molecular weight excluding hydrogens is 244 g/mol. The summed E-state index contributed by atoms with van der Waals surface area (Å²) in [5, 5.41) is 22.3. The van der Waals surface area contributed by atoms with E-state index in [-0.39, 0.29) is 18.1 Å². The van der Waals surface area contributed by atoms with Gasteiger partial charge in [0.2, 0.25) is 0 Å². The Labute approximate surface area is 105 Å². The maximum atomic E-state index is 10.7. The minimum atomic E-state index is -0.480. The molecule has 6 nitrogen and oxygen atoms in total. The molecule has 0 aliphatic heterocycles. The molecule has 0 fully saturated rings. The molecule has 17 heavy (non-hydrogen) atoms. The molecule has 0 atom stereocenters. The molecule has 1 rings (SSSR count). The fourth-order valence-corrected chi connectivity index (χ4v) is 1.23. The molecule has 0 unspecified atom stereocenters. The third-order valence-electron chi connectivity index (χ3n) is 2.02. The average molecular weight is 257 g/mol. The van der Waals surface area contributed by atoms with Crippen molar-refractivity contribution in [1.29, 1.82) is 5.26 Å². The highest BCUT2D eigenvalue weighted by Crippen LogP contribution is 2.24. The van der Waals surface area contributed by atoms with Crippen LogP contribution >= 0.6 is 12.4 Å². The van der Waals surface area contributed by atoms with Gasteiger partial charge in [-0.1, -0.05) is 0 Å². The number of nitriles is 1. The minimum absolute atomic E-state index is 0. The van der Waals surface area contributed by atoms with Crippen LogP contribution in [0.25, 0.3) is 0 Å². The molecule has 0 saturated carbocycles. The second-order valence-corrected chi connectivity index (χ2v) is 3.17. The maximum absolute atomic E-state index is 10.7. The molecule has 0 amide bonds. The van der Waals surface area contributed by atoms with Crippen molar-refractivity contribution >= 4 is 23.8 Å². The summed E-state index contributed by atoms with van der Waals surface area (Å²) in [6.07, 6.45) is 0.716. The molecule has 0 radical (unpaired) electrons. The van der Waals surface area contributed by atoms with Gasteiger partial charge in [-0.25, -0.2) is 0 Å². The van der Waals surface area contributed by atoms with E-state index in [2.05, 4.69) is 5.32 Å². The zero-order valence-corrected chi connectivity index (χ0v) is 9.87. The van der Waals surface area contributed by atoms with Crippen molar-refractivity contribution in [3.63, 3.8) is 0 Å². The second-order valence-electron chi connectivity index (χ2n) is 3.17. The summed E-state index contributed by atoms with van der Waals surface area (Å²) < 4.78 is 0. The lowest BCUT2D eigenvalue weighted by atomic mass is 10.2. The van der Waals surface area contributed by atoms with E-state index in [1.807, 2.05) is 6.07 Å². The number of nitrogens with two attached hydrogens (primary N) is 1. The van der Waals surface area contributed by atoms with Crippen LogP contribution in [0.1, 0.15) is 12.0 Å². The van der Waals surface area contributed by atoms with E-state index in [0.717, 1.165) is 0 Å². The number of anilines is 1. The Kier molecular flexibility index (Phi) is 6.63. The number of hydrogen-bond donors (Lipinski definition) is 2. The van der Waals surface area contributed by atoms with E-state index in [4.69, 9.17) is 11.0 Å². The highest BCUT2D eigenvalue weighted by atomic mass is 35.5. The van der Waals surface area contributed by atoms with Crippen LogP contribution in [0.4, 0.5) is 11.4 Å². The van der Waals surface area contributed by atoms with E-state index < -0.39 is 4.92 Å². The largest absolute Gasteiger partial charge is 0.379 e. The predicted octanol–water partition coefficient (Wildman–Crippen LogP) is 1.65. The van der Waals surface area contributed by atoms with Crippen molar-refractivity contribution in [3.05, 3.63) is 33.9 Å². The zero-order valence-electron chi connectivity index (χ0n) is 9.05. The topological polar surface area (TPSA) is 105 Å². The molecule has 7 heteroatoms. The molecule has 0 saturated heterocycles. The highest BCUT2D eigenvalue weighted by Gasteiger charge is 2.13. The van der Waals surface area contributed by atoms with E-state index in [0.29, 0.717) is 30.8 Å². The maximum Gasteiger partial charge on any atom is 0.292 e. The van der Waals surface area contributed by atoms with Gasteiger partial charge in [-0.2, -0.15) is 5.26 Å². The number of nitrogens with zero attached hydrogens (tertiary/aromatic N) is 2. The lowest BCUT2D eigenvalue weighted by Gasteiger charge is -2.06. The van der Waals surface area contributed by atoms with Crippen molar-refractivity contribution in [2.45, 2.75) is 6.42 Å². The van der Waals surface area contributed by atoms with Gasteiger partial charge in [0.05, 0.1) is 16.6 Å². The first kappa shape index (κ1) is 15.2. The normalized spacial score (nSPS) is 8.94. The van der Waals surface area contributed by atoms with E-state index in [9.17, 15) is 10.1 Å². The van der Waals surface area contributed by atoms with Crippen LogP contribution in [0, 0.1) is 21.4 Å². The van der Waals surface area contributed by atoms with Gasteiger partial charge in [-0.15, -0.1) is 12.4 Å². The third-order valence-corrected chi connectivity index (χ3v) is 2.02. The number of nitro benzene ring substituents is 1. The Morgan fingerprint density at radius 1 is 1.53 bits per heavy atom. The van der Waals surface area contributed by atoms with Gasteiger partial charge in [0.15, 0.2) is 0 Å². The number of halogens is 1. The van der Waals surface area contributed by atoms with E-state index in [1.54, 1.807) is 0 Å². The summed E-state index contributed by atoms with van der Waals surface area (Å²) >= 11 is 0. The average Bonchev–Trinajstić information content (AvgIpc) is 2.29. The Balaban J connectivity index is 0.00000256. The zero-order chi connectivity index (χ0) is 12.0. The molecule has 0 aliphatic rings. The van der Waals surface area contributed by atoms with E-state index in [1.165, 1.54) is 18.2 Å². The van der Waals surface area contributed by atoms with Crippen molar-refractivity contribution in [3.8, 4) is 6.07 Å². The standard InChI is InChI=1S/C10H12N4O2.ClH/c11-4-1-5-13-9-6-8(7-12)2-3-10(9)14(15)16;/h2-3,6,13H,1,4-5,11H2;1H. The quantitative estimate of drug-likeness (QED) is 0.473. The molecule has 0 aromatic heterocycles. The first-order chi connectivity index (χ1) is 7.69. The first-order valence-corrected chi connectivity index (χ1v) is 4.81. The first-order valence-electron chi connectivity index (χ1n) is 4.81. The van der Waals surface area contributed by atoms with Gasteiger partial charge in [-0.05, 0) is 25.1 Å². The van der Waals surface area contributed by atoms with Crippen LogP contribution in [-0.4, -0.2) is 18.0 Å². The van der Waals surface area contributed by atoms with Crippen LogP contribution in [0.3, 0.4) is 0 Å². The van der Waals surface area contributed by atoms with Gasteiger partial charge in [-0.3, -0.25) is 10.1 Å². The highest BCUT2D eigenvalue weighted by molar-refractivity contribution is 5.85. The summed E-state index contributed by atoms with van der Waals surface area (Å²) in [6, 6.07) is 6.15. The van der Waals surface area contributed by atoms with Gasteiger partial charge < -0.3 is 11.1 Å². The van der Waals surface area contributed by atoms with Crippen LogP contribution in [0.2, 0.25) is 0 Å². The summed E-state index contributed by atoms with van der Waals surface area (Å²) in [5.74, 6) is 0. The van der Waals surface area contributed by atoms with Crippen LogP contribution in [0.15, 0.2) is 18.2 Å². The fourth-order valence-electron chi connectivity index (χ4n) is 1.23. The Bertz CT molecular complexity index is 431. The lowest BCUT2D eigenvalue weighted by Crippen LogP contribution is -2.09. The van der Waals surface area contributed by atoms with Gasteiger partial charge in [0, 0.05) is 12.6 Å². The van der Waals surface area contributed by atoms with Crippen molar-refractivity contribution in [2.75, 3.05) is 18.4 Å². The number of nitro groups is 1. The summed E-state index contributed by atoms with van der Waals surface area (Å²) in [6.45, 7) is 1.06. The number of benzene rings is 1. The van der Waals surface area contributed by atoms with Crippen molar-refractivity contribution in [2.24, 2.45) is 5.73 Å². The second kappa shape index (κ2) is 7.44. The fraction of sp³-hybridized carbons (Fsp3) is 0.300. The van der Waals surface area contributed by atoms with Gasteiger partial charge in [0.25, 0.3) is 5.69 Å². The molecule has 92 valence electrons. The third kappa shape index (κ3) is 4.26. The molecule has 0 heterocycles.